The third kappa shape index (κ3) is 4.34. The lowest BCUT2D eigenvalue weighted by Crippen LogP contribution is -2.71. The van der Waals surface area contributed by atoms with Gasteiger partial charge in [-0.1, -0.05) is 5.16 Å². The van der Waals surface area contributed by atoms with Gasteiger partial charge in [0.05, 0.1) is 0 Å². The molecule has 0 radical (unpaired) electrons. The number of β-lactam (4-membered cyclic amide) rings is 1. The molecular weight excluding hydrogens is 477 g/mol. The molecule has 1 aromatic heterocycles. The van der Waals surface area contributed by atoms with E-state index in [2.05, 4.69) is 15.5 Å². The Bertz CT molecular complexity index is 1180. The largest absolute Gasteiger partial charge is 0.489 e. The van der Waals surface area contributed by atoms with Gasteiger partial charge in [0.25, 0.3) is 11.8 Å². The van der Waals surface area contributed by atoms with Crippen molar-refractivity contribution in [2.75, 3.05) is 18.1 Å². The number of amides is 2. The molecule has 0 spiro atoms. The van der Waals surface area contributed by atoms with Gasteiger partial charge in [-0.2, -0.15) is 0 Å². The summed E-state index contributed by atoms with van der Waals surface area (Å²) in [5.41, 5.74) is 5.30. The fraction of sp³-hybridized carbons (Fsp3) is 0.211. The van der Waals surface area contributed by atoms with E-state index < -0.39 is 40.7 Å². The summed E-state index contributed by atoms with van der Waals surface area (Å²) in [4.78, 5) is 42.1. The number of thioether (sulfide) groups is 1. The molecule has 2 aliphatic heterocycles. The summed E-state index contributed by atoms with van der Waals surface area (Å²) in [5.74, 6) is -2.66. The molecule has 33 heavy (non-hydrogen) atoms. The molecule has 2 aromatic rings. The Morgan fingerprint density at radius 2 is 2.09 bits per heavy atom. The number of rotatable bonds is 7. The third-order valence-electron chi connectivity index (χ3n) is 4.84. The molecule has 4 rings (SSSR count). The van der Waals surface area contributed by atoms with Crippen molar-refractivity contribution in [1.29, 1.82) is 0 Å². The molecule has 2 atom stereocenters. The maximum Gasteiger partial charge on any atom is 0.352 e. The minimum Gasteiger partial charge on any atom is -0.489 e. The van der Waals surface area contributed by atoms with Crippen molar-refractivity contribution >= 4 is 51.7 Å². The van der Waals surface area contributed by atoms with E-state index in [0.717, 1.165) is 16.2 Å². The van der Waals surface area contributed by atoms with Gasteiger partial charge in [0, 0.05) is 16.7 Å². The number of carboxylic acids is 1. The standard InChI is InChI=1S/C19H16FN5O6S2/c20-9-1-3-10(4-2-9)31-5-8-6-32-17-13(16(27)25(17)14(8)18(28)29)23-15(26)12(24-30)11-7-33-19(21)22-11/h1-4,7,13,17,30H,5-6H2,(H2,21,22)(H,23,26)(H,28,29)/b24-12-/t13?,17-/m1/s1. The Kier molecular flexibility index (Phi) is 6.20. The first kappa shape index (κ1) is 22.5. The second-order valence-corrected chi connectivity index (χ2v) is 8.88. The predicted octanol–water partition coefficient (Wildman–Crippen LogP) is 0.860. The topological polar surface area (TPSA) is 167 Å². The van der Waals surface area contributed by atoms with Gasteiger partial charge in [-0.15, -0.1) is 23.1 Å². The number of carboxylic acid groups (broad SMARTS) is 1. The van der Waals surface area contributed by atoms with Crippen LogP contribution in [0, 0.1) is 5.82 Å². The van der Waals surface area contributed by atoms with Crippen LogP contribution < -0.4 is 15.8 Å². The van der Waals surface area contributed by atoms with Crippen LogP contribution >= 0.6 is 23.1 Å². The van der Waals surface area contributed by atoms with E-state index in [0.29, 0.717) is 11.3 Å². The lowest BCUT2D eigenvalue weighted by molar-refractivity contribution is -0.150. The number of hydrogen-bond acceptors (Lipinski definition) is 10. The number of thiazole rings is 1. The molecule has 1 unspecified atom stereocenters. The fourth-order valence-electron chi connectivity index (χ4n) is 3.31. The molecule has 2 aliphatic rings. The molecule has 5 N–H and O–H groups in total. The minimum atomic E-state index is -1.31. The first-order chi connectivity index (χ1) is 15.8. The van der Waals surface area contributed by atoms with E-state index in [4.69, 9.17) is 10.5 Å². The summed E-state index contributed by atoms with van der Waals surface area (Å²) >= 11 is 2.29. The lowest BCUT2D eigenvalue weighted by atomic mass is 10.0. The number of halogens is 1. The van der Waals surface area contributed by atoms with Gasteiger partial charge in [0.1, 0.15) is 41.0 Å². The van der Waals surface area contributed by atoms with E-state index >= 15 is 0 Å². The van der Waals surface area contributed by atoms with Crippen molar-refractivity contribution in [3.63, 3.8) is 0 Å². The van der Waals surface area contributed by atoms with Gasteiger partial charge >= 0.3 is 5.97 Å². The zero-order chi connectivity index (χ0) is 23.7. The normalized spacial score (nSPS) is 20.2. The first-order valence-electron chi connectivity index (χ1n) is 9.32. The maximum atomic E-state index is 13.0. The van der Waals surface area contributed by atoms with Crippen LogP contribution in [0.2, 0.25) is 0 Å². The number of aromatic nitrogens is 1. The van der Waals surface area contributed by atoms with E-state index in [1.807, 2.05) is 0 Å². The number of carbonyl (C=O) groups excluding carboxylic acids is 2. The SMILES string of the molecule is Nc1nc(/C(=N/O)C(=O)NC2C(=O)N3C(C(=O)O)=C(COc4ccc(F)cc4)CS[C@H]23)cs1. The second kappa shape index (κ2) is 9.07. The number of nitrogens with one attached hydrogen (secondary N) is 1. The van der Waals surface area contributed by atoms with Crippen molar-refractivity contribution in [1.82, 2.24) is 15.2 Å². The highest BCUT2D eigenvalue weighted by Crippen LogP contribution is 2.40. The van der Waals surface area contributed by atoms with E-state index in [1.165, 1.54) is 41.4 Å². The summed E-state index contributed by atoms with van der Waals surface area (Å²) in [6.07, 6.45) is 0. The van der Waals surface area contributed by atoms with Crippen LogP contribution in [0.3, 0.4) is 0 Å². The molecule has 1 fully saturated rings. The number of nitrogens with zero attached hydrogens (tertiary/aromatic N) is 3. The number of ether oxygens (including phenoxy) is 1. The first-order valence-corrected chi connectivity index (χ1v) is 11.3. The number of nitrogens with two attached hydrogens (primary N) is 1. The average Bonchev–Trinajstić information content (AvgIpc) is 3.22. The number of benzene rings is 1. The van der Waals surface area contributed by atoms with Gasteiger partial charge < -0.3 is 26.1 Å². The molecule has 2 amide bonds. The molecule has 0 bridgehead atoms. The summed E-state index contributed by atoms with van der Waals surface area (Å²) < 4.78 is 18.6. The van der Waals surface area contributed by atoms with Crippen LogP contribution in [0.4, 0.5) is 9.52 Å². The highest BCUT2D eigenvalue weighted by atomic mass is 32.2. The molecule has 3 heterocycles. The quantitative estimate of drug-likeness (QED) is 0.189. The number of carbonyl (C=O) groups is 3. The van der Waals surface area contributed by atoms with Gasteiger partial charge in [0.2, 0.25) is 0 Å². The van der Waals surface area contributed by atoms with E-state index in [-0.39, 0.29) is 28.9 Å². The highest BCUT2D eigenvalue weighted by Gasteiger charge is 2.54. The Labute approximate surface area is 193 Å². The van der Waals surface area contributed by atoms with Crippen molar-refractivity contribution in [2.45, 2.75) is 11.4 Å². The van der Waals surface area contributed by atoms with Gasteiger partial charge in [-0.25, -0.2) is 14.2 Å². The van der Waals surface area contributed by atoms with E-state index in [1.54, 1.807) is 0 Å². The van der Waals surface area contributed by atoms with Crippen molar-refractivity contribution < 1.29 is 33.8 Å². The molecule has 11 nitrogen and oxygen atoms in total. The highest BCUT2D eigenvalue weighted by molar-refractivity contribution is 8.00. The van der Waals surface area contributed by atoms with Crippen LogP contribution in [-0.2, 0) is 14.4 Å². The lowest BCUT2D eigenvalue weighted by Gasteiger charge is -2.49. The summed E-state index contributed by atoms with van der Waals surface area (Å²) in [5, 5.41) is 25.2. The smallest absolute Gasteiger partial charge is 0.352 e. The molecule has 14 heteroatoms. The molecule has 1 saturated heterocycles. The Morgan fingerprint density at radius 1 is 1.36 bits per heavy atom. The summed E-state index contributed by atoms with van der Waals surface area (Å²) in [6.45, 7) is -0.111. The number of oxime groups is 1. The monoisotopic (exact) mass is 493 g/mol. The average molecular weight is 493 g/mol. The van der Waals surface area contributed by atoms with Crippen molar-refractivity contribution in [3.05, 3.63) is 52.4 Å². The Hall–Kier alpha value is -3.65. The number of fused-ring (bicyclic) bond motifs is 1. The summed E-state index contributed by atoms with van der Waals surface area (Å²) in [6, 6.07) is 4.22. The third-order valence-corrected chi connectivity index (χ3v) is 6.86. The zero-order valence-corrected chi connectivity index (χ0v) is 18.2. The van der Waals surface area contributed by atoms with Crippen LogP contribution in [0.1, 0.15) is 5.69 Å². The zero-order valence-electron chi connectivity index (χ0n) is 16.6. The predicted molar refractivity (Wildman–Crippen MR) is 116 cm³/mol. The fourth-order valence-corrected chi connectivity index (χ4v) is 5.19. The number of aliphatic carboxylic acids is 1. The number of hydrogen-bond donors (Lipinski definition) is 4. The molecule has 172 valence electrons. The molecule has 0 aliphatic carbocycles. The Morgan fingerprint density at radius 3 is 2.70 bits per heavy atom. The van der Waals surface area contributed by atoms with Crippen LogP contribution in [0.5, 0.6) is 5.75 Å². The van der Waals surface area contributed by atoms with Gasteiger partial charge in [-0.3, -0.25) is 14.5 Å². The molecule has 0 saturated carbocycles. The number of anilines is 1. The van der Waals surface area contributed by atoms with E-state index in [9.17, 15) is 29.1 Å². The van der Waals surface area contributed by atoms with Crippen LogP contribution in [0.15, 0.2) is 46.1 Å². The Balaban J connectivity index is 1.47. The van der Waals surface area contributed by atoms with Gasteiger partial charge in [0.15, 0.2) is 10.8 Å². The van der Waals surface area contributed by atoms with Gasteiger partial charge in [-0.05, 0) is 24.3 Å². The van der Waals surface area contributed by atoms with Crippen LogP contribution in [0.25, 0.3) is 0 Å². The second-order valence-electron chi connectivity index (χ2n) is 6.88. The maximum absolute atomic E-state index is 13.0. The molecular formula is C19H16FN5O6S2. The van der Waals surface area contributed by atoms with Crippen molar-refractivity contribution in [2.24, 2.45) is 5.16 Å². The number of nitrogen functional groups attached to an aromatic ring is 1. The minimum absolute atomic E-state index is 0.0452. The summed E-state index contributed by atoms with van der Waals surface area (Å²) in [7, 11) is 0. The molecule has 1 aromatic carbocycles. The van der Waals surface area contributed by atoms with Crippen LogP contribution in [-0.4, -0.2) is 67.5 Å². The van der Waals surface area contributed by atoms with Crippen molar-refractivity contribution in [3.8, 4) is 5.75 Å².